The summed E-state index contributed by atoms with van der Waals surface area (Å²) >= 11 is 6.13. The third-order valence-electron chi connectivity index (χ3n) is 5.41. The highest BCUT2D eigenvalue weighted by atomic mass is 35.5. The summed E-state index contributed by atoms with van der Waals surface area (Å²) < 4.78 is 0. The topological polar surface area (TPSA) is 112 Å². The van der Waals surface area contributed by atoms with E-state index in [2.05, 4.69) is 4.98 Å². The zero-order valence-electron chi connectivity index (χ0n) is 18.3. The third-order valence-corrected chi connectivity index (χ3v) is 5.65. The summed E-state index contributed by atoms with van der Waals surface area (Å²) in [6, 6.07) is 20.1. The van der Waals surface area contributed by atoms with Crippen LogP contribution in [0.15, 0.2) is 71.7 Å². The minimum atomic E-state index is -0.897. The molecule has 3 aromatic carbocycles. The number of nitrogens with two attached hydrogens (primary N) is 1. The molecular formula is C26H24ClN3O3. The van der Waals surface area contributed by atoms with Gasteiger partial charge >= 0.3 is 5.97 Å². The molecule has 0 saturated heterocycles. The number of fused-ring (bicyclic) bond motifs is 1. The maximum atomic E-state index is 11.1. The number of nitrogens with zero attached hydrogens (tertiary/aromatic N) is 1. The molecule has 0 spiro atoms. The van der Waals surface area contributed by atoms with Gasteiger partial charge in [0, 0.05) is 21.5 Å². The number of benzene rings is 3. The standard InChI is InChI=1S/C26H24ClN3O3/c1-26(2,28)17-7-10-19(11-8-17)29-24(16-5-3-15(4-6-16)13-22(31)32)23-20-12-9-18(27)14-21(20)30-25(23)33/h3-12,14,30,33H,13,28H2,1-2H3,(H,31,32). The van der Waals surface area contributed by atoms with Gasteiger partial charge in [-0.1, -0.05) is 54.1 Å². The van der Waals surface area contributed by atoms with Gasteiger partial charge in [-0.25, -0.2) is 4.99 Å². The number of halogens is 1. The second kappa shape index (κ2) is 8.73. The predicted octanol–water partition coefficient (Wildman–Crippen LogP) is 5.52. The van der Waals surface area contributed by atoms with Crippen LogP contribution in [-0.4, -0.2) is 26.9 Å². The molecule has 4 rings (SSSR count). The fourth-order valence-corrected chi connectivity index (χ4v) is 3.88. The fourth-order valence-electron chi connectivity index (χ4n) is 3.71. The van der Waals surface area contributed by atoms with Crippen LogP contribution in [0.3, 0.4) is 0 Å². The van der Waals surface area contributed by atoms with E-state index >= 15 is 0 Å². The molecule has 0 bridgehead atoms. The van der Waals surface area contributed by atoms with Crippen molar-refractivity contribution in [3.05, 3.63) is 94.0 Å². The van der Waals surface area contributed by atoms with E-state index in [-0.39, 0.29) is 12.3 Å². The number of aromatic nitrogens is 1. The maximum absolute atomic E-state index is 11.1. The highest BCUT2D eigenvalue weighted by Gasteiger charge is 2.20. The van der Waals surface area contributed by atoms with Gasteiger partial charge in [-0.3, -0.25) is 4.79 Å². The second-order valence-corrected chi connectivity index (χ2v) is 8.97. The molecule has 0 unspecified atom stereocenters. The number of aliphatic imine (C=N–C) groups is 1. The van der Waals surface area contributed by atoms with Crippen LogP contribution in [0, 0.1) is 0 Å². The van der Waals surface area contributed by atoms with E-state index in [1.807, 2.05) is 56.3 Å². The zero-order chi connectivity index (χ0) is 23.8. The van der Waals surface area contributed by atoms with E-state index < -0.39 is 11.5 Å². The summed E-state index contributed by atoms with van der Waals surface area (Å²) in [5, 5.41) is 21.2. The first kappa shape index (κ1) is 22.6. The number of rotatable bonds is 6. The van der Waals surface area contributed by atoms with Crippen molar-refractivity contribution in [3.63, 3.8) is 0 Å². The quantitative estimate of drug-likeness (QED) is 0.283. The van der Waals surface area contributed by atoms with Crippen molar-refractivity contribution in [2.24, 2.45) is 10.7 Å². The van der Waals surface area contributed by atoms with E-state index in [9.17, 15) is 9.90 Å². The molecule has 7 heteroatoms. The molecular weight excluding hydrogens is 438 g/mol. The Morgan fingerprint density at radius 2 is 1.73 bits per heavy atom. The first-order chi connectivity index (χ1) is 15.6. The summed E-state index contributed by atoms with van der Waals surface area (Å²) in [4.78, 5) is 18.9. The van der Waals surface area contributed by atoms with Crippen LogP contribution in [-0.2, 0) is 16.8 Å². The van der Waals surface area contributed by atoms with E-state index in [1.54, 1.807) is 24.3 Å². The molecule has 0 aliphatic heterocycles. The molecule has 1 aromatic heterocycles. The van der Waals surface area contributed by atoms with Crippen LogP contribution >= 0.6 is 11.6 Å². The highest BCUT2D eigenvalue weighted by Crippen LogP contribution is 2.33. The lowest BCUT2D eigenvalue weighted by Crippen LogP contribution is -2.28. The average Bonchev–Trinajstić information content (AvgIpc) is 3.06. The molecule has 5 N–H and O–H groups in total. The largest absolute Gasteiger partial charge is 0.494 e. The van der Waals surface area contributed by atoms with Crippen molar-refractivity contribution in [2.45, 2.75) is 25.8 Å². The molecule has 0 amide bonds. The number of hydrogen-bond acceptors (Lipinski definition) is 4. The summed E-state index contributed by atoms with van der Waals surface area (Å²) in [5.74, 6) is -0.925. The Kier molecular flexibility index (Phi) is 5.97. The number of carboxylic acid groups (broad SMARTS) is 1. The second-order valence-electron chi connectivity index (χ2n) is 8.53. The van der Waals surface area contributed by atoms with Crippen LogP contribution in [0.25, 0.3) is 10.9 Å². The van der Waals surface area contributed by atoms with Crippen molar-refractivity contribution in [3.8, 4) is 5.88 Å². The number of aromatic amines is 1. The Morgan fingerprint density at radius 3 is 2.33 bits per heavy atom. The number of nitrogens with one attached hydrogen (secondary N) is 1. The van der Waals surface area contributed by atoms with Gasteiger partial charge in [0.15, 0.2) is 5.88 Å². The number of hydrogen-bond donors (Lipinski definition) is 4. The van der Waals surface area contributed by atoms with Gasteiger partial charge in [-0.2, -0.15) is 0 Å². The van der Waals surface area contributed by atoms with Crippen LogP contribution in [0.2, 0.25) is 5.02 Å². The van der Waals surface area contributed by atoms with Crippen LogP contribution in [0.1, 0.15) is 36.1 Å². The summed E-state index contributed by atoms with van der Waals surface area (Å²) in [5.41, 5.74) is 10.6. The zero-order valence-corrected chi connectivity index (χ0v) is 19.0. The van der Waals surface area contributed by atoms with E-state index in [0.717, 1.165) is 16.5 Å². The molecule has 0 aliphatic carbocycles. The van der Waals surface area contributed by atoms with Crippen LogP contribution in [0.4, 0.5) is 5.69 Å². The SMILES string of the molecule is CC(C)(N)c1ccc(N=C(c2ccc(CC(=O)O)cc2)c2c(O)[nH]c3cc(Cl)ccc23)cc1. The van der Waals surface area contributed by atoms with Gasteiger partial charge in [-0.15, -0.1) is 0 Å². The van der Waals surface area contributed by atoms with E-state index in [0.29, 0.717) is 33.1 Å². The monoisotopic (exact) mass is 461 g/mol. The van der Waals surface area contributed by atoms with Crippen molar-refractivity contribution >= 4 is 39.9 Å². The van der Waals surface area contributed by atoms with Gasteiger partial charge in [0.25, 0.3) is 0 Å². The van der Waals surface area contributed by atoms with E-state index in [1.165, 1.54) is 0 Å². The van der Waals surface area contributed by atoms with Crippen LogP contribution in [0.5, 0.6) is 5.88 Å². The van der Waals surface area contributed by atoms with E-state index in [4.69, 9.17) is 27.4 Å². The molecule has 0 fully saturated rings. The van der Waals surface area contributed by atoms with Gasteiger partial charge in [0.1, 0.15) is 0 Å². The molecule has 1 heterocycles. The molecule has 6 nitrogen and oxygen atoms in total. The Morgan fingerprint density at radius 1 is 1.06 bits per heavy atom. The lowest BCUT2D eigenvalue weighted by molar-refractivity contribution is -0.136. The summed E-state index contributed by atoms with van der Waals surface area (Å²) in [6.45, 7) is 3.87. The first-order valence-corrected chi connectivity index (χ1v) is 10.8. The summed E-state index contributed by atoms with van der Waals surface area (Å²) in [7, 11) is 0. The Labute approximate surface area is 196 Å². The molecule has 0 aliphatic rings. The number of carbonyl (C=O) groups is 1. The number of H-pyrrole nitrogens is 1. The number of aromatic hydroxyl groups is 1. The van der Waals surface area contributed by atoms with Gasteiger partial charge in [0.2, 0.25) is 0 Å². The number of carboxylic acids is 1. The normalized spacial score (nSPS) is 12.3. The molecule has 168 valence electrons. The highest BCUT2D eigenvalue weighted by molar-refractivity contribution is 6.31. The Bertz CT molecular complexity index is 1350. The summed E-state index contributed by atoms with van der Waals surface area (Å²) in [6.07, 6.45) is -0.0695. The van der Waals surface area contributed by atoms with Gasteiger partial charge in [-0.05, 0) is 49.2 Å². The first-order valence-electron chi connectivity index (χ1n) is 10.4. The molecule has 0 atom stereocenters. The molecule has 33 heavy (non-hydrogen) atoms. The van der Waals surface area contributed by atoms with Crippen molar-refractivity contribution in [2.75, 3.05) is 0 Å². The van der Waals surface area contributed by atoms with Gasteiger partial charge < -0.3 is 20.9 Å². The lowest BCUT2D eigenvalue weighted by atomic mass is 9.95. The van der Waals surface area contributed by atoms with Crippen molar-refractivity contribution in [1.29, 1.82) is 0 Å². The molecule has 4 aromatic rings. The molecule has 0 saturated carbocycles. The van der Waals surface area contributed by atoms with Crippen molar-refractivity contribution < 1.29 is 15.0 Å². The Balaban J connectivity index is 1.87. The fraction of sp³-hybridized carbons (Fsp3) is 0.154. The van der Waals surface area contributed by atoms with Crippen LogP contribution < -0.4 is 5.73 Å². The smallest absolute Gasteiger partial charge is 0.307 e. The minimum absolute atomic E-state index is 0.0275. The third kappa shape index (κ3) is 4.92. The number of aliphatic carboxylic acids is 1. The lowest BCUT2D eigenvalue weighted by Gasteiger charge is -2.19. The predicted molar refractivity (Wildman–Crippen MR) is 132 cm³/mol. The van der Waals surface area contributed by atoms with Crippen molar-refractivity contribution in [1.82, 2.24) is 4.98 Å². The van der Waals surface area contributed by atoms with Gasteiger partial charge in [0.05, 0.1) is 28.9 Å². The average molecular weight is 462 g/mol. The maximum Gasteiger partial charge on any atom is 0.307 e. The minimum Gasteiger partial charge on any atom is -0.494 e. The Hall–Kier alpha value is -3.61. The molecule has 0 radical (unpaired) electrons.